The van der Waals surface area contributed by atoms with Gasteiger partial charge in [-0.15, -0.1) is 0 Å². The summed E-state index contributed by atoms with van der Waals surface area (Å²) in [7, 11) is -1.74. The first-order valence-corrected chi connectivity index (χ1v) is 9.03. The topological polar surface area (TPSA) is 64.0 Å². The Kier molecular flexibility index (Phi) is 4.23. The summed E-state index contributed by atoms with van der Waals surface area (Å²) in [6.07, 6.45) is 2.94. The zero-order valence-corrected chi connectivity index (χ0v) is 14.7. The van der Waals surface area contributed by atoms with Crippen LogP contribution < -0.4 is 4.72 Å². The number of nitrogens with zero attached hydrogens (tertiary/aromatic N) is 2. The van der Waals surface area contributed by atoms with Crippen molar-refractivity contribution in [2.24, 2.45) is 18.4 Å². The van der Waals surface area contributed by atoms with Crippen LogP contribution in [0.5, 0.6) is 0 Å². The third kappa shape index (κ3) is 3.48. The third-order valence-corrected chi connectivity index (χ3v) is 6.19. The van der Waals surface area contributed by atoms with Gasteiger partial charge in [0.25, 0.3) is 0 Å². The van der Waals surface area contributed by atoms with Gasteiger partial charge in [-0.2, -0.15) is 5.10 Å². The van der Waals surface area contributed by atoms with Crippen molar-refractivity contribution in [3.63, 3.8) is 0 Å². The fourth-order valence-electron chi connectivity index (χ4n) is 3.86. The van der Waals surface area contributed by atoms with Gasteiger partial charge in [0, 0.05) is 13.1 Å². The van der Waals surface area contributed by atoms with Crippen LogP contribution in [0.4, 0.5) is 0 Å². The lowest BCUT2D eigenvalue weighted by Gasteiger charge is -2.39. The maximum absolute atomic E-state index is 12.7. The fourth-order valence-corrected chi connectivity index (χ4v) is 5.54. The zero-order valence-electron chi connectivity index (χ0n) is 13.9. The summed E-state index contributed by atoms with van der Waals surface area (Å²) >= 11 is 0. The molecule has 0 bridgehead atoms. The van der Waals surface area contributed by atoms with E-state index in [4.69, 9.17) is 0 Å². The lowest BCUT2D eigenvalue weighted by Crippen LogP contribution is -2.43. The highest BCUT2D eigenvalue weighted by Gasteiger charge is 2.35. The van der Waals surface area contributed by atoms with Crippen LogP contribution in [0.25, 0.3) is 0 Å². The molecule has 0 aromatic carbocycles. The molecule has 0 saturated heterocycles. The van der Waals surface area contributed by atoms with Crippen LogP contribution in [0.3, 0.4) is 0 Å². The minimum atomic E-state index is -3.51. The van der Waals surface area contributed by atoms with Gasteiger partial charge in [-0.3, -0.25) is 4.68 Å². The predicted molar refractivity (Wildman–Crippen MR) is 83.6 cm³/mol. The summed E-state index contributed by atoms with van der Waals surface area (Å²) in [6.45, 7) is 10.2. The van der Waals surface area contributed by atoms with Gasteiger partial charge in [0.15, 0.2) is 0 Å². The normalized spacial score (nSPS) is 26.0. The van der Waals surface area contributed by atoms with Crippen molar-refractivity contribution in [1.29, 1.82) is 0 Å². The molecule has 2 rings (SSSR count). The van der Waals surface area contributed by atoms with Crippen molar-refractivity contribution in [3.05, 3.63) is 11.4 Å². The summed E-state index contributed by atoms with van der Waals surface area (Å²) < 4.78 is 30.0. The van der Waals surface area contributed by atoms with E-state index in [0.29, 0.717) is 22.2 Å². The van der Waals surface area contributed by atoms with Gasteiger partial charge < -0.3 is 0 Å². The van der Waals surface area contributed by atoms with Gasteiger partial charge in [-0.05, 0) is 44.4 Å². The average molecular weight is 313 g/mol. The summed E-state index contributed by atoms with van der Waals surface area (Å²) in [6, 6.07) is 0.00718. The monoisotopic (exact) mass is 313 g/mol. The van der Waals surface area contributed by atoms with Crippen LogP contribution in [0.15, 0.2) is 4.90 Å². The molecular formula is C15H27N3O2S. The van der Waals surface area contributed by atoms with E-state index in [0.717, 1.165) is 19.3 Å². The number of rotatable bonds is 3. The molecule has 2 unspecified atom stereocenters. The number of sulfonamides is 1. The molecule has 1 fully saturated rings. The first-order chi connectivity index (χ1) is 9.52. The second kappa shape index (κ2) is 5.39. The van der Waals surface area contributed by atoms with Crippen LogP contribution in [-0.4, -0.2) is 24.2 Å². The Labute approximate surface area is 128 Å². The Morgan fingerprint density at radius 3 is 2.38 bits per heavy atom. The van der Waals surface area contributed by atoms with Crippen molar-refractivity contribution >= 4 is 10.0 Å². The van der Waals surface area contributed by atoms with Gasteiger partial charge >= 0.3 is 0 Å². The van der Waals surface area contributed by atoms with E-state index in [2.05, 4.69) is 30.6 Å². The molecule has 0 aliphatic heterocycles. The first kappa shape index (κ1) is 16.5. The SMILES string of the molecule is Cc1nn(C)c(C)c1S(=O)(=O)NC1CC(C)CC(C)(C)C1. The van der Waals surface area contributed by atoms with Gasteiger partial charge in [0.05, 0.1) is 11.4 Å². The van der Waals surface area contributed by atoms with E-state index in [-0.39, 0.29) is 11.5 Å². The molecule has 1 N–H and O–H groups in total. The molecule has 1 aromatic rings. The van der Waals surface area contributed by atoms with E-state index in [1.54, 1.807) is 25.6 Å². The maximum Gasteiger partial charge on any atom is 0.244 e. The predicted octanol–water partition coefficient (Wildman–Crippen LogP) is 2.53. The maximum atomic E-state index is 12.7. The largest absolute Gasteiger partial charge is 0.271 e. The van der Waals surface area contributed by atoms with E-state index < -0.39 is 10.0 Å². The van der Waals surface area contributed by atoms with Crippen LogP contribution >= 0.6 is 0 Å². The first-order valence-electron chi connectivity index (χ1n) is 7.54. The second-order valence-corrected chi connectivity index (χ2v) is 9.01. The van der Waals surface area contributed by atoms with Crippen LogP contribution in [0.2, 0.25) is 0 Å². The molecular weight excluding hydrogens is 286 g/mol. The molecule has 1 heterocycles. The molecule has 21 heavy (non-hydrogen) atoms. The molecule has 0 radical (unpaired) electrons. The number of nitrogens with one attached hydrogen (secondary N) is 1. The smallest absolute Gasteiger partial charge is 0.244 e. The van der Waals surface area contributed by atoms with Crippen LogP contribution in [-0.2, 0) is 17.1 Å². The Bertz CT molecular complexity index is 632. The van der Waals surface area contributed by atoms with Gasteiger partial charge in [0.1, 0.15) is 4.90 Å². The van der Waals surface area contributed by atoms with Crippen molar-refractivity contribution < 1.29 is 8.42 Å². The Morgan fingerprint density at radius 2 is 1.90 bits per heavy atom. The number of aromatic nitrogens is 2. The standard InChI is InChI=1S/C15H27N3O2S/c1-10-7-13(9-15(4,5)8-10)17-21(19,20)14-11(2)16-18(6)12(14)3/h10,13,17H,7-9H2,1-6H3. The molecule has 1 saturated carbocycles. The lowest BCUT2D eigenvalue weighted by atomic mass is 9.71. The quantitative estimate of drug-likeness (QED) is 0.932. The number of aryl methyl sites for hydroxylation is 2. The highest BCUT2D eigenvalue weighted by atomic mass is 32.2. The van der Waals surface area contributed by atoms with Crippen molar-refractivity contribution in [3.8, 4) is 0 Å². The minimum absolute atomic E-state index is 0.00718. The number of hydrogen-bond donors (Lipinski definition) is 1. The van der Waals surface area contributed by atoms with Crippen molar-refractivity contribution in [2.75, 3.05) is 0 Å². The van der Waals surface area contributed by atoms with Gasteiger partial charge in [-0.25, -0.2) is 13.1 Å². The Morgan fingerprint density at radius 1 is 1.29 bits per heavy atom. The van der Waals surface area contributed by atoms with Crippen molar-refractivity contribution in [1.82, 2.24) is 14.5 Å². The Balaban J connectivity index is 2.25. The molecule has 120 valence electrons. The molecule has 5 nitrogen and oxygen atoms in total. The van der Waals surface area contributed by atoms with Crippen LogP contribution in [0.1, 0.15) is 51.4 Å². The second-order valence-electron chi connectivity index (χ2n) is 7.36. The highest BCUT2D eigenvalue weighted by Crippen LogP contribution is 2.39. The van der Waals surface area contributed by atoms with Crippen LogP contribution in [0, 0.1) is 25.2 Å². The molecule has 2 atom stereocenters. The highest BCUT2D eigenvalue weighted by molar-refractivity contribution is 7.89. The van der Waals surface area contributed by atoms with Gasteiger partial charge in [0.2, 0.25) is 10.0 Å². The van der Waals surface area contributed by atoms with E-state index in [9.17, 15) is 8.42 Å². The van der Waals surface area contributed by atoms with E-state index >= 15 is 0 Å². The fraction of sp³-hybridized carbons (Fsp3) is 0.800. The van der Waals surface area contributed by atoms with E-state index in [1.165, 1.54) is 0 Å². The molecule has 1 aromatic heterocycles. The molecule has 1 aliphatic carbocycles. The minimum Gasteiger partial charge on any atom is -0.271 e. The summed E-state index contributed by atoms with van der Waals surface area (Å²) in [5.74, 6) is 0.539. The summed E-state index contributed by atoms with van der Waals surface area (Å²) in [5.41, 5.74) is 1.43. The summed E-state index contributed by atoms with van der Waals surface area (Å²) in [4.78, 5) is 0.334. The average Bonchev–Trinajstić information content (AvgIpc) is 2.48. The molecule has 0 amide bonds. The summed E-state index contributed by atoms with van der Waals surface area (Å²) in [5, 5.41) is 4.21. The van der Waals surface area contributed by atoms with E-state index in [1.807, 2.05) is 0 Å². The molecule has 0 spiro atoms. The van der Waals surface area contributed by atoms with Gasteiger partial charge in [-0.1, -0.05) is 20.8 Å². The number of hydrogen-bond acceptors (Lipinski definition) is 3. The lowest BCUT2D eigenvalue weighted by molar-refractivity contribution is 0.163. The Hall–Kier alpha value is -0.880. The van der Waals surface area contributed by atoms with Crippen molar-refractivity contribution in [2.45, 2.75) is 64.8 Å². The third-order valence-electron chi connectivity index (χ3n) is 4.42. The molecule has 6 heteroatoms. The molecule has 1 aliphatic rings. The zero-order chi connectivity index (χ0) is 16.0.